The minimum atomic E-state index is -3.69. The van der Waals surface area contributed by atoms with Crippen LogP contribution in [-0.2, 0) is 14.8 Å². The van der Waals surface area contributed by atoms with E-state index in [0.29, 0.717) is 17.8 Å². The van der Waals surface area contributed by atoms with Gasteiger partial charge >= 0.3 is 0 Å². The minimum absolute atomic E-state index is 0. The molecule has 1 unspecified atom stereocenters. The van der Waals surface area contributed by atoms with Gasteiger partial charge in [0, 0.05) is 5.69 Å². The van der Waals surface area contributed by atoms with E-state index in [9.17, 15) is 13.2 Å². The fraction of sp³-hybridized carbons (Fsp3) is 0.278. The number of hydrogen-bond donors (Lipinski definition) is 3. The zero-order valence-electron chi connectivity index (χ0n) is 14.7. The zero-order chi connectivity index (χ0) is 18.4. The van der Waals surface area contributed by atoms with Gasteiger partial charge in [0.05, 0.1) is 16.6 Å². The lowest BCUT2D eigenvalue weighted by Gasteiger charge is -2.14. The van der Waals surface area contributed by atoms with E-state index in [0.717, 1.165) is 12.0 Å². The second kappa shape index (κ2) is 9.56. The summed E-state index contributed by atoms with van der Waals surface area (Å²) in [5, 5.41) is 2.72. The molecule has 0 aliphatic carbocycles. The van der Waals surface area contributed by atoms with Crippen molar-refractivity contribution in [1.82, 2.24) is 0 Å². The summed E-state index contributed by atoms with van der Waals surface area (Å²) in [5.41, 5.74) is 7.44. The van der Waals surface area contributed by atoms with Crippen LogP contribution in [0.25, 0.3) is 0 Å². The highest BCUT2D eigenvalue weighted by Gasteiger charge is 2.16. The number of carbonyl (C=O) groups excluding carboxylic acids is 1. The molecule has 0 spiro atoms. The first-order valence-electron chi connectivity index (χ1n) is 8.08. The van der Waals surface area contributed by atoms with Crippen molar-refractivity contribution in [3.05, 3.63) is 54.1 Å². The Bertz CT molecular complexity index is 842. The molecule has 1 atom stereocenters. The van der Waals surface area contributed by atoms with Crippen LogP contribution in [0.1, 0.15) is 25.3 Å². The van der Waals surface area contributed by atoms with Gasteiger partial charge in [0.25, 0.3) is 10.0 Å². The van der Waals surface area contributed by atoms with E-state index in [2.05, 4.69) is 10.0 Å². The molecule has 2 aromatic carbocycles. The molecular weight excluding hydrogens is 374 g/mol. The summed E-state index contributed by atoms with van der Waals surface area (Å²) in [7, 11) is -3.69. The summed E-state index contributed by atoms with van der Waals surface area (Å²) in [6.07, 6.45) is 1.40. The maximum Gasteiger partial charge on any atom is 0.261 e. The second-order valence-corrected chi connectivity index (χ2v) is 7.52. The van der Waals surface area contributed by atoms with Crippen molar-refractivity contribution in [3.63, 3.8) is 0 Å². The molecule has 0 bridgehead atoms. The highest BCUT2D eigenvalue weighted by molar-refractivity contribution is 7.92. The predicted molar refractivity (Wildman–Crippen MR) is 107 cm³/mol. The molecule has 0 heterocycles. The molecule has 0 fully saturated rings. The smallest absolute Gasteiger partial charge is 0.261 e. The van der Waals surface area contributed by atoms with E-state index in [4.69, 9.17) is 5.73 Å². The molecule has 8 heteroatoms. The second-order valence-electron chi connectivity index (χ2n) is 5.83. The maximum atomic E-state index is 12.5. The van der Waals surface area contributed by atoms with E-state index >= 15 is 0 Å². The van der Waals surface area contributed by atoms with Gasteiger partial charge in [0.1, 0.15) is 0 Å². The van der Waals surface area contributed by atoms with Crippen LogP contribution in [0.2, 0.25) is 0 Å². The SMILES string of the molecule is CCCC(N)C(=O)Nc1ccc(C)c(NS(=O)(=O)c2ccccc2)c1.Cl. The molecule has 0 aliphatic heterocycles. The van der Waals surface area contributed by atoms with Gasteiger partial charge in [-0.25, -0.2) is 8.42 Å². The van der Waals surface area contributed by atoms with E-state index in [1.165, 1.54) is 12.1 Å². The monoisotopic (exact) mass is 397 g/mol. The third-order valence-corrected chi connectivity index (χ3v) is 5.12. The average Bonchev–Trinajstić information content (AvgIpc) is 2.58. The molecule has 4 N–H and O–H groups in total. The normalized spacial score (nSPS) is 12.0. The van der Waals surface area contributed by atoms with Crippen molar-refractivity contribution in [1.29, 1.82) is 0 Å². The molecule has 2 aromatic rings. The summed E-state index contributed by atoms with van der Waals surface area (Å²) < 4.78 is 27.5. The lowest BCUT2D eigenvalue weighted by atomic mass is 10.1. The van der Waals surface area contributed by atoms with Crippen LogP contribution in [0.5, 0.6) is 0 Å². The van der Waals surface area contributed by atoms with E-state index in [1.807, 2.05) is 6.92 Å². The Morgan fingerprint density at radius 1 is 1.15 bits per heavy atom. The lowest BCUT2D eigenvalue weighted by molar-refractivity contribution is -0.117. The van der Waals surface area contributed by atoms with Gasteiger partial charge in [-0.2, -0.15) is 0 Å². The van der Waals surface area contributed by atoms with Crippen molar-refractivity contribution >= 4 is 39.7 Å². The fourth-order valence-corrected chi connectivity index (χ4v) is 3.43. The Kier molecular flexibility index (Phi) is 8.08. The predicted octanol–water partition coefficient (Wildman–Crippen LogP) is 3.28. The number of hydrogen-bond acceptors (Lipinski definition) is 4. The molecule has 0 radical (unpaired) electrons. The molecule has 6 nitrogen and oxygen atoms in total. The number of halogens is 1. The van der Waals surface area contributed by atoms with Gasteiger partial charge < -0.3 is 11.1 Å². The molecule has 1 amide bonds. The molecule has 0 aliphatic rings. The lowest BCUT2D eigenvalue weighted by Crippen LogP contribution is -2.35. The number of nitrogens with two attached hydrogens (primary N) is 1. The van der Waals surface area contributed by atoms with Gasteiger partial charge in [0.2, 0.25) is 5.91 Å². The molecule has 0 saturated carbocycles. The van der Waals surface area contributed by atoms with E-state index in [1.54, 1.807) is 43.3 Å². The van der Waals surface area contributed by atoms with Gasteiger partial charge in [-0.15, -0.1) is 12.4 Å². The number of amides is 1. The van der Waals surface area contributed by atoms with Gasteiger partial charge in [0.15, 0.2) is 0 Å². The van der Waals surface area contributed by atoms with Crippen LogP contribution in [0.15, 0.2) is 53.4 Å². The average molecular weight is 398 g/mol. The number of anilines is 2. The Morgan fingerprint density at radius 2 is 1.81 bits per heavy atom. The van der Waals surface area contributed by atoms with Crippen LogP contribution in [0.3, 0.4) is 0 Å². The Morgan fingerprint density at radius 3 is 2.42 bits per heavy atom. The van der Waals surface area contributed by atoms with Crippen LogP contribution in [0.4, 0.5) is 11.4 Å². The van der Waals surface area contributed by atoms with E-state index < -0.39 is 16.1 Å². The zero-order valence-corrected chi connectivity index (χ0v) is 16.4. The number of nitrogens with one attached hydrogen (secondary N) is 2. The summed E-state index contributed by atoms with van der Waals surface area (Å²) in [5.74, 6) is -0.289. The quantitative estimate of drug-likeness (QED) is 0.667. The third-order valence-electron chi connectivity index (χ3n) is 3.74. The third kappa shape index (κ3) is 5.72. The molecule has 26 heavy (non-hydrogen) atoms. The molecular formula is C18H24ClN3O3S. The largest absolute Gasteiger partial charge is 0.325 e. The first-order valence-corrected chi connectivity index (χ1v) is 9.56. The first kappa shape index (κ1) is 22.0. The van der Waals surface area contributed by atoms with Gasteiger partial charge in [-0.05, 0) is 43.2 Å². The van der Waals surface area contributed by atoms with E-state index in [-0.39, 0.29) is 23.2 Å². The highest BCUT2D eigenvalue weighted by Crippen LogP contribution is 2.23. The molecule has 0 saturated heterocycles. The summed E-state index contributed by atoms with van der Waals surface area (Å²) in [6.45, 7) is 3.74. The van der Waals surface area contributed by atoms with Crippen LogP contribution in [-0.4, -0.2) is 20.4 Å². The van der Waals surface area contributed by atoms with Crippen LogP contribution < -0.4 is 15.8 Å². The maximum absolute atomic E-state index is 12.5. The Hall–Kier alpha value is -2.09. The Labute approximate surface area is 160 Å². The van der Waals surface area contributed by atoms with Crippen molar-refractivity contribution < 1.29 is 13.2 Å². The Balaban J connectivity index is 0.00000338. The topological polar surface area (TPSA) is 101 Å². The van der Waals surface area contributed by atoms with Crippen LogP contribution >= 0.6 is 12.4 Å². The number of sulfonamides is 1. The van der Waals surface area contributed by atoms with Crippen molar-refractivity contribution in [2.75, 3.05) is 10.0 Å². The first-order chi connectivity index (χ1) is 11.8. The van der Waals surface area contributed by atoms with Crippen molar-refractivity contribution in [2.24, 2.45) is 5.73 Å². The van der Waals surface area contributed by atoms with Crippen molar-refractivity contribution in [3.8, 4) is 0 Å². The molecule has 142 valence electrons. The minimum Gasteiger partial charge on any atom is -0.325 e. The summed E-state index contributed by atoms with van der Waals surface area (Å²) >= 11 is 0. The van der Waals surface area contributed by atoms with Gasteiger partial charge in [-0.3, -0.25) is 9.52 Å². The summed E-state index contributed by atoms with van der Waals surface area (Å²) in [6, 6.07) is 12.6. The highest BCUT2D eigenvalue weighted by atomic mass is 35.5. The fourth-order valence-electron chi connectivity index (χ4n) is 2.29. The summed E-state index contributed by atoms with van der Waals surface area (Å²) in [4.78, 5) is 12.2. The molecule has 0 aromatic heterocycles. The molecule has 2 rings (SSSR count). The van der Waals surface area contributed by atoms with Gasteiger partial charge in [-0.1, -0.05) is 37.6 Å². The standard InChI is InChI=1S/C18H23N3O3S.ClH/c1-3-7-16(19)18(22)20-14-11-10-13(2)17(12-14)21-25(23,24)15-8-5-4-6-9-15;/h4-6,8-12,16,21H,3,7,19H2,1-2H3,(H,20,22);1H. The number of aryl methyl sites for hydroxylation is 1. The number of benzene rings is 2. The number of carbonyl (C=O) groups is 1. The van der Waals surface area contributed by atoms with Crippen molar-refractivity contribution in [2.45, 2.75) is 37.6 Å². The number of rotatable bonds is 7. The van der Waals surface area contributed by atoms with Crippen LogP contribution in [0, 0.1) is 6.92 Å².